The number of carbonyl (C=O) groups is 2. The molecule has 6 aromatic rings. The van der Waals surface area contributed by atoms with E-state index < -0.39 is 5.97 Å². The summed E-state index contributed by atoms with van der Waals surface area (Å²) in [6.45, 7) is 3.40. The van der Waals surface area contributed by atoms with Gasteiger partial charge in [0.05, 0.1) is 41.3 Å². The van der Waals surface area contributed by atoms with Gasteiger partial charge < -0.3 is 43.3 Å². The number of ether oxygens (including phenoxy) is 4. The zero-order valence-electron chi connectivity index (χ0n) is 34.9. The molecule has 2 aliphatic heterocycles. The molecule has 4 heterocycles. The third-order valence-electron chi connectivity index (χ3n) is 10.4. The van der Waals surface area contributed by atoms with E-state index in [1.165, 1.54) is 0 Å². The van der Waals surface area contributed by atoms with Gasteiger partial charge in [0, 0.05) is 36.1 Å². The minimum absolute atomic E-state index is 0.112. The lowest BCUT2D eigenvalue weighted by Crippen LogP contribution is -2.38. The number of methoxy groups -OCH3 is 4. The monoisotopic (exact) mass is 832 g/mol. The van der Waals surface area contributed by atoms with Crippen molar-refractivity contribution in [2.75, 3.05) is 54.6 Å². The molecule has 8 rings (SSSR count). The van der Waals surface area contributed by atoms with Crippen LogP contribution in [0.3, 0.4) is 0 Å². The number of hydrogen-bond acceptors (Lipinski definition) is 13. The van der Waals surface area contributed by atoms with Crippen LogP contribution >= 0.6 is 0 Å². The second kappa shape index (κ2) is 22.0. The fourth-order valence-corrected chi connectivity index (χ4v) is 7.08. The SMILES string of the molecule is COc1ccc(-c2noc(C3CCN(C(=O)Cc4ccccc4)CC3)n2)cc1OC.COc1ccc(-c2noc(C3CCNCC3)n2)cc1OC.O=C(O)Cc1ccccc1. The van der Waals surface area contributed by atoms with Crippen LogP contribution in [0.1, 0.15) is 60.4 Å². The predicted molar refractivity (Wildman–Crippen MR) is 227 cm³/mol. The first-order valence-corrected chi connectivity index (χ1v) is 20.2. The van der Waals surface area contributed by atoms with Crippen molar-refractivity contribution in [1.82, 2.24) is 30.5 Å². The molecule has 0 radical (unpaired) electrons. The molecule has 0 aliphatic carbocycles. The quantitative estimate of drug-likeness (QED) is 0.126. The Hall–Kier alpha value is -6.74. The molecule has 2 aliphatic rings. The van der Waals surface area contributed by atoms with E-state index in [1.54, 1.807) is 40.6 Å². The van der Waals surface area contributed by atoms with Gasteiger partial charge in [0.1, 0.15) is 0 Å². The van der Waals surface area contributed by atoms with Crippen LogP contribution < -0.4 is 24.3 Å². The number of nitrogens with zero attached hydrogens (tertiary/aromatic N) is 5. The van der Waals surface area contributed by atoms with Crippen LogP contribution in [0.25, 0.3) is 22.8 Å². The number of hydrogen-bond donors (Lipinski definition) is 2. The molecule has 0 saturated carbocycles. The molecule has 1 amide bonds. The molecule has 2 fully saturated rings. The number of benzene rings is 4. The Morgan fingerprint density at radius 1 is 0.623 bits per heavy atom. The summed E-state index contributed by atoms with van der Waals surface area (Å²) in [5.41, 5.74) is 3.55. The van der Waals surface area contributed by atoms with Crippen molar-refractivity contribution in [1.29, 1.82) is 0 Å². The molecule has 0 unspecified atom stereocenters. The lowest BCUT2D eigenvalue weighted by atomic mass is 9.96. The summed E-state index contributed by atoms with van der Waals surface area (Å²) in [5.74, 6) is 4.95. The van der Waals surface area contributed by atoms with Crippen LogP contribution in [0.5, 0.6) is 23.0 Å². The Bertz CT molecular complexity index is 2290. The van der Waals surface area contributed by atoms with Crippen molar-refractivity contribution < 1.29 is 42.7 Å². The van der Waals surface area contributed by atoms with E-state index in [2.05, 4.69) is 25.6 Å². The highest BCUT2D eigenvalue weighted by Crippen LogP contribution is 2.34. The summed E-state index contributed by atoms with van der Waals surface area (Å²) in [4.78, 5) is 33.8. The maximum absolute atomic E-state index is 12.6. The second-order valence-corrected chi connectivity index (χ2v) is 14.4. The van der Waals surface area contributed by atoms with Gasteiger partial charge in [-0.15, -0.1) is 0 Å². The van der Waals surface area contributed by atoms with Crippen molar-refractivity contribution >= 4 is 11.9 Å². The third kappa shape index (κ3) is 12.2. The molecule has 0 spiro atoms. The first-order valence-electron chi connectivity index (χ1n) is 20.2. The molecule has 0 atom stereocenters. The highest BCUT2D eigenvalue weighted by atomic mass is 16.5. The number of rotatable bonds is 12. The summed E-state index contributed by atoms with van der Waals surface area (Å²) in [6, 6.07) is 30.1. The Balaban J connectivity index is 0.000000173. The number of carboxylic acid groups (broad SMARTS) is 1. The van der Waals surface area contributed by atoms with Crippen molar-refractivity contribution in [3.8, 4) is 45.8 Å². The van der Waals surface area contributed by atoms with E-state index in [0.29, 0.717) is 66.0 Å². The summed E-state index contributed by atoms with van der Waals surface area (Å²) >= 11 is 0. The van der Waals surface area contributed by atoms with E-state index in [4.69, 9.17) is 33.1 Å². The van der Waals surface area contributed by atoms with Crippen LogP contribution in [0, 0.1) is 0 Å². The number of carbonyl (C=O) groups excluding carboxylic acids is 1. The molecule has 61 heavy (non-hydrogen) atoms. The Kier molecular flexibility index (Phi) is 15.8. The van der Waals surface area contributed by atoms with Crippen molar-refractivity contribution in [3.63, 3.8) is 0 Å². The number of aromatic nitrogens is 4. The van der Waals surface area contributed by atoms with E-state index in [0.717, 1.165) is 66.9 Å². The smallest absolute Gasteiger partial charge is 0.307 e. The fourth-order valence-electron chi connectivity index (χ4n) is 7.08. The highest BCUT2D eigenvalue weighted by Gasteiger charge is 2.28. The van der Waals surface area contributed by atoms with Crippen molar-refractivity contribution in [2.24, 2.45) is 0 Å². The molecule has 2 aromatic heterocycles. The Morgan fingerprint density at radius 2 is 1.07 bits per heavy atom. The van der Waals surface area contributed by atoms with Crippen LogP contribution in [0.15, 0.2) is 106 Å². The molecule has 2 saturated heterocycles. The average molecular weight is 833 g/mol. The molecular formula is C46H52N6O9. The van der Waals surface area contributed by atoms with Crippen LogP contribution in [-0.2, 0) is 22.4 Å². The van der Waals surface area contributed by atoms with Crippen molar-refractivity contribution in [3.05, 3.63) is 120 Å². The topological polar surface area (TPSA) is 184 Å². The fraction of sp³-hybridized carbons (Fsp3) is 0.348. The van der Waals surface area contributed by atoms with E-state index >= 15 is 0 Å². The second-order valence-electron chi connectivity index (χ2n) is 14.4. The lowest BCUT2D eigenvalue weighted by molar-refractivity contribution is -0.136. The maximum Gasteiger partial charge on any atom is 0.307 e. The highest BCUT2D eigenvalue weighted by molar-refractivity contribution is 5.79. The zero-order chi connectivity index (χ0) is 43.0. The van der Waals surface area contributed by atoms with E-state index in [-0.39, 0.29) is 18.2 Å². The van der Waals surface area contributed by atoms with Crippen LogP contribution in [-0.4, -0.2) is 96.8 Å². The first kappa shape index (κ1) is 43.8. The molecule has 320 valence electrons. The van der Waals surface area contributed by atoms with Gasteiger partial charge in [-0.1, -0.05) is 71.0 Å². The van der Waals surface area contributed by atoms with Gasteiger partial charge in [-0.25, -0.2) is 0 Å². The van der Waals surface area contributed by atoms with Crippen LogP contribution in [0.4, 0.5) is 0 Å². The van der Waals surface area contributed by atoms with E-state index in [9.17, 15) is 9.59 Å². The van der Waals surface area contributed by atoms with E-state index in [1.807, 2.05) is 89.8 Å². The van der Waals surface area contributed by atoms with Gasteiger partial charge in [0.2, 0.25) is 29.3 Å². The minimum atomic E-state index is -0.786. The number of likely N-dealkylation sites (tertiary alicyclic amines) is 1. The standard InChI is InChI=1S/C23H25N3O4.C15H19N3O3.C8H8O2/c1-28-19-9-8-18(15-20(19)29-2)22-24-23(30-25-22)17-10-12-26(13-11-17)21(27)14-16-6-4-3-5-7-16;1-19-12-4-3-11(9-13(12)20-2)14-17-15(21-18-14)10-5-7-16-8-6-10;9-8(10)6-7-4-2-1-3-5-7/h3-9,15,17H,10-14H2,1-2H3;3-4,9-10,16H,5-8H2,1-2H3;1-5H,6H2,(H,9,10). The average Bonchev–Trinajstić information content (AvgIpc) is 4.02. The molecule has 15 heteroatoms. The normalized spacial score (nSPS) is 14.1. The molecular weight excluding hydrogens is 781 g/mol. The number of nitrogens with one attached hydrogen (secondary N) is 1. The predicted octanol–water partition coefficient (Wildman–Crippen LogP) is 7.24. The minimum Gasteiger partial charge on any atom is -0.493 e. The van der Waals surface area contributed by atoms with Gasteiger partial charge in [-0.05, 0) is 86.3 Å². The zero-order valence-corrected chi connectivity index (χ0v) is 34.9. The van der Waals surface area contributed by atoms with Gasteiger partial charge in [-0.3, -0.25) is 9.59 Å². The number of amides is 1. The molecule has 15 nitrogen and oxygen atoms in total. The summed E-state index contributed by atoms with van der Waals surface area (Å²) < 4.78 is 32.1. The van der Waals surface area contributed by atoms with Gasteiger partial charge in [-0.2, -0.15) is 9.97 Å². The largest absolute Gasteiger partial charge is 0.493 e. The molecule has 2 N–H and O–H groups in total. The summed E-state index contributed by atoms with van der Waals surface area (Å²) in [7, 11) is 6.41. The lowest BCUT2D eigenvalue weighted by Gasteiger charge is -2.30. The van der Waals surface area contributed by atoms with Crippen LogP contribution in [0.2, 0.25) is 0 Å². The molecule has 0 bridgehead atoms. The summed E-state index contributed by atoms with van der Waals surface area (Å²) in [5, 5.41) is 19.9. The first-order chi connectivity index (χ1) is 29.8. The number of piperidine rings is 2. The maximum atomic E-state index is 12.6. The van der Waals surface area contributed by atoms with Gasteiger partial charge in [0.15, 0.2) is 23.0 Å². The number of carboxylic acids is 1. The third-order valence-corrected chi connectivity index (χ3v) is 10.4. The van der Waals surface area contributed by atoms with Crippen molar-refractivity contribution in [2.45, 2.75) is 50.4 Å². The Labute approximate surface area is 355 Å². The summed E-state index contributed by atoms with van der Waals surface area (Å²) in [6.07, 6.45) is 4.25. The molecule has 4 aromatic carbocycles. The Morgan fingerprint density at radius 3 is 1.51 bits per heavy atom. The number of aliphatic carboxylic acids is 1. The van der Waals surface area contributed by atoms with Gasteiger partial charge >= 0.3 is 5.97 Å². The van der Waals surface area contributed by atoms with Gasteiger partial charge in [0.25, 0.3) is 0 Å².